The van der Waals surface area contributed by atoms with E-state index in [1.807, 2.05) is 11.5 Å². The summed E-state index contributed by atoms with van der Waals surface area (Å²) in [6.07, 6.45) is 3.30. The van der Waals surface area contributed by atoms with E-state index in [1.54, 1.807) is 37.3 Å². The van der Waals surface area contributed by atoms with Crippen molar-refractivity contribution in [1.29, 1.82) is 0 Å². The molecule has 0 aliphatic heterocycles. The standard InChI is InChI=1S/C13H18ClN5O2/c1-9(12-17-15-8-19(12)4-5-21-3)16-13(20)11-6-10(14)7-18(11)2/h6-9H,4-5H2,1-3H3,(H,16,20). The highest BCUT2D eigenvalue weighted by Gasteiger charge is 2.18. The highest BCUT2D eigenvalue weighted by atomic mass is 35.5. The van der Waals surface area contributed by atoms with Gasteiger partial charge in [0, 0.05) is 26.9 Å². The van der Waals surface area contributed by atoms with E-state index in [-0.39, 0.29) is 11.9 Å². The molecule has 0 aliphatic carbocycles. The first-order valence-corrected chi connectivity index (χ1v) is 6.90. The molecule has 0 fully saturated rings. The zero-order valence-electron chi connectivity index (χ0n) is 12.2. The molecule has 0 saturated carbocycles. The van der Waals surface area contributed by atoms with Gasteiger partial charge in [-0.3, -0.25) is 4.79 Å². The molecule has 1 unspecified atom stereocenters. The minimum atomic E-state index is -0.273. The quantitative estimate of drug-likeness (QED) is 0.875. The van der Waals surface area contributed by atoms with Crippen molar-refractivity contribution in [3.63, 3.8) is 0 Å². The highest BCUT2D eigenvalue weighted by Crippen LogP contribution is 2.15. The van der Waals surface area contributed by atoms with Gasteiger partial charge >= 0.3 is 0 Å². The van der Waals surface area contributed by atoms with E-state index in [0.29, 0.717) is 29.7 Å². The average molecular weight is 312 g/mol. The number of nitrogens with one attached hydrogen (secondary N) is 1. The first-order chi connectivity index (χ1) is 10.0. The molecule has 114 valence electrons. The maximum absolute atomic E-state index is 12.2. The Morgan fingerprint density at radius 1 is 1.57 bits per heavy atom. The van der Waals surface area contributed by atoms with Gasteiger partial charge < -0.3 is 19.2 Å². The number of amides is 1. The van der Waals surface area contributed by atoms with Gasteiger partial charge in [-0.15, -0.1) is 10.2 Å². The smallest absolute Gasteiger partial charge is 0.268 e. The lowest BCUT2D eigenvalue weighted by molar-refractivity contribution is 0.0929. The largest absolute Gasteiger partial charge is 0.383 e. The Bertz CT molecular complexity index is 622. The molecular weight excluding hydrogens is 294 g/mol. The van der Waals surface area contributed by atoms with Gasteiger partial charge in [-0.25, -0.2) is 0 Å². The van der Waals surface area contributed by atoms with Crippen LogP contribution in [0.15, 0.2) is 18.6 Å². The first-order valence-electron chi connectivity index (χ1n) is 6.52. The van der Waals surface area contributed by atoms with Crippen molar-refractivity contribution in [1.82, 2.24) is 24.6 Å². The van der Waals surface area contributed by atoms with E-state index < -0.39 is 0 Å². The fraction of sp³-hybridized carbons (Fsp3) is 0.462. The number of aromatic nitrogens is 4. The molecule has 0 saturated heterocycles. The molecule has 0 aromatic carbocycles. The summed E-state index contributed by atoms with van der Waals surface area (Å²) in [5.41, 5.74) is 0.495. The number of halogens is 1. The number of carbonyl (C=O) groups excluding carboxylic acids is 1. The van der Waals surface area contributed by atoms with E-state index >= 15 is 0 Å². The molecule has 0 bridgehead atoms. The van der Waals surface area contributed by atoms with Gasteiger partial charge in [0.2, 0.25) is 0 Å². The van der Waals surface area contributed by atoms with Gasteiger partial charge in [0.15, 0.2) is 5.82 Å². The molecule has 2 heterocycles. The fourth-order valence-electron chi connectivity index (χ4n) is 2.05. The van der Waals surface area contributed by atoms with E-state index in [1.165, 1.54) is 0 Å². The van der Waals surface area contributed by atoms with Crippen LogP contribution in [0.3, 0.4) is 0 Å². The van der Waals surface area contributed by atoms with E-state index in [4.69, 9.17) is 16.3 Å². The third-order valence-electron chi connectivity index (χ3n) is 3.12. The Kier molecular flexibility index (Phi) is 4.98. The second-order valence-corrected chi connectivity index (χ2v) is 5.16. The monoisotopic (exact) mass is 311 g/mol. The third-order valence-corrected chi connectivity index (χ3v) is 3.33. The number of aryl methyl sites for hydroxylation is 1. The summed E-state index contributed by atoms with van der Waals surface area (Å²) in [5, 5.41) is 11.3. The maximum Gasteiger partial charge on any atom is 0.268 e. The van der Waals surface area contributed by atoms with E-state index in [0.717, 1.165) is 0 Å². The van der Waals surface area contributed by atoms with E-state index in [2.05, 4.69) is 15.5 Å². The maximum atomic E-state index is 12.2. The van der Waals surface area contributed by atoms with Crippen molar-refractivity contribution in [3.05, 3.63) is 35.1 Å². The van der Waals surface area contributed by atoms with Crippen molar-refractivity contribution < 1.29 is 9.53 Å². The number of nitrogens with zero attached hydrogens (tertiary/aromatic N) is 4. The number of methoxy groups -OCH3 is 1. The Hall–Kier alpha value is -1.86. The van der Waals surface area contributed by atoms with Gasteiger partial charge in [0.1, 0.15) is 12.0 Å². The summed E-state index contributed by atoms with van der Waals surface area (Å²) in [5.74, 6) is 0.471. The van der Waals surface area contributed by atoms with Gasteiger partial charge in [-0.2, -0.15) is 0 Å². The van der Waals surface area contributed by atoms with Crippen molar-refractivity contribution >= 4 is 17.5 Å². The van der Waals surface area contributed by atoms with Crippen molar-refractivity contribution in [2.45, 2.75) is 19.5 Å². The summed E-state index contributed by atoms with van der Waals surface area (Å²) in [7, 11) is 3.40. The van der Waals surface area contributed by atoms with Crippen LogP contribution in [0.1, 0.15) is 29.3 Å². The van der Waals surface area contributed by atoms with Crippen LogP contribution in [0.25, 0.3) is 0 Å². The lowest BCUT2D eigenvalue weighted by Gasteiger charge is -2.15. The van der Waals surface area contributed by atoms with Crippen molar-refractivity contribution in [3.8, 4) is 0 Å². The molecule has 1 N–H and O–H groups in total. The number of hydrogen-bond acceptors (Lipinski definition) is 4. The molecule has 21 heavy (non-hydrogen) atoms. The van der Waals surface area contributed by atoms with Crippen LogP contribution in [-0.4, -0.2) is 39.0 Å². The Morgan fingerprint density at radius 2 is 2.33 bits per heavy atom. The Morgan fingerprint density at radius 3 is 2.95 bits per heavy atom. The minimum absolute atomic E-state index is 0.210. The van der Waals surface area contributed by atoms with Crippen LogP contribution >= 0.6 is 11.6 Å². The minimum Gasteiger partial charge on any atom is -0.383 e. The van der Waals surface area contributed by atoms with Crippen molar-refractivity contribution in [2.75, 3.05) is 13.7 Å². The number of hydrogen-bond donors (Lipinski definition) is 1. The first kappa shape index (κ1) is 15.5. The van der Waals surface area contributed by atoms with Gasteiger partial charge in [-0.05, 0) is 13.0 Å². The molecule has 8 heteroatoms. The van der Waals surface area contributed by atoms with Crippen LogP contribution in [0.2, 0.25) is 5.02 Å². The molecular formula is C13H18ClN5O2. The molecule has 0 spiro atoms. The predicted molar refractivity (Wildman–Crippen MR) is 78.2 cm³/mol. The summed E-state index contributed by atoms with van der Waals surface area (Å²) >= 11 is 5.89. The molecule has 2 aromatic rings. The predicted octanol–water partition coefficient (Wildman–Crippen LogP) is 1.41. The molecule has 2 rings (SSSR count). The molecule has 0 radical (unpaired) electrons. The lowest BCUT2D eigenvalue weighted by Crippen LogP contribution is -2.30. The lowest BCUT2D eigenvalue weighted by atomic mass is 10.3. The normalized spacial score (nSPS) is 12.4. The zero-order valence-corrected chi connectivity index (χ0v) is 13.0. The summed E-state index contributed by atoms with van der Waals surface area (Å²) < 4.78 is 8.57. The summed E-state index contributed by atoms with van der Waals surface area (Å²) in [4.78, 5) is 12.2. The molecule has 7 nitrogen and oxygen atoms in total. The van der Waals surface area contributed by atoms with Crippen LogP contribution in [0, 0.1) is 0 Å². The van der Waals surface area contributed by atoms with Crippen molar-refractivity contribution in [2.24, 2.45) is 7.05 Å². The second-order valence-electron chi connectivity index (χ2n) is 4.72. The summed E-state index contributed by atoms with van der Waals surface area (Å²) in [6, 6.07) is 1.35. The SMILES string of the molecule is COCCn1cnnc1C(C)NC(=O)c1cc(Cl)cn1C. The van der Waals surface area contributed by atoms with Crippen LogP contribution in [-0.2, 0) is 18.3 Å². The van der Waals surface area contributed by atoms with Gasteiger partial charge in [-0.1, -0.05) is 11.6 Å². The van der Waals surface area contributed by atoms with Crippen LogP contribution in [0.5, 0.6) is 0 Å². The van der Waals surface area contributed by atoms with Crippen LogP contribution < -0.4 is 5.32 Å². The average Bonchev–Trinajstić information content (AvgIpc) is 3.02. The van der Waals surface area contributed by atoms with E-state index in [9.17, 15) is 4.79 Å². The van der Waals surface area contributed by atoms with Gasteiger partial charge in [0.05, 0.1) is 17.7 Å². The molecule has 1 amide bonds. The Labute approximate surface area is 127 Å². The number of rotatable bonds is 6. The highest BCUT2D eigenvalue weighted by molar-refractivity contribution is 6.31. The zero-order chi connectivity index (χ0) is 15.4. The Balaban J connectivity index is 2.07. The topological polar surface area (TPSA) is 74.0 Å². The van der Waals surface area contributed by atoms with Crippen LogP contribution in [0.4, 0.5) is 0 Å². The third kappa shape index (κ3) is 3.62. The molecule has 0 aliphatic rings. The molecule has 1 atom stereocenters. The fourth-order valence-corrected chi connectivity index (χ4v) is 2.30. The second kappa shape index (κ2) is 6.73. The van der Waals surface area contributed by atoms with Gasteiger partial charge in [0.25, 0.3) is 5.91 Å². The number of carbonyl (C=O) groups is 1. The molecule has 2 aromatic heterocycles. The summed E-state index contributed by atoms with van der Waals surface area (Å²) in [6.45, 7) is 3.05. The number of ether oxygens (including phenoxy) is 1.